The maximum atomic E-state index is 12.5. The van der Waals surface area contributed by atoms with Crippen molar-refractivity contribution in [2.24, 2.45) is 0 Å². The zero-order chi connectivity index (χ0) is 16.9. The first-order valence-electron chi connectivity index (χ1n) is 7.91. The summed E-state index contributed by atoms with van der Waals surface area (Å²) >= 11 is 0. The minimum atomic E-state index is -0.204. The molecule has 0 spiro atoms. The van der Waals surface area contributed by atoms with E-state index >= 15 is 0 Å². The minimum absolute atomic E-state index is 0.182. The lowest BCUT2D eigenvalue weighted by Gasteiger charge is -2.18. The van der Waals surface area contributed by atoms with Crippen molar-refractivity contribution in [3.05, 3.63) is 83.2 Å². The lowest BCUT2D eigenvalue weighted by molar-refractivity contribution is 0.0931. The van der Waals surface area contributed by atoms with E-state index in [2.05, 4.69) is 51.5 Å². The highest BCUT2D eigenvalue weighted by molar-refractivity contribution is 5.92. The van der Waals surface area contributed by atoms with Crippen LogP contribution in [0.3, 0.4) is 0 Å². The third kappa shape index (κ3) is 3.87. The molecule has 122 valence electrons. The Hall–Kier alpha value is -2.95. The van der Waals surface area contributed by atoms with Crippen LogP contribution in [0.5, 0.6) is 0 Å². The Morgan fingerprint density at radius 2 is 1.92 bits per heavy atom. The number of imidazole rings is 1. The zero-order valence-electron chi connectivity index (χ0n) is 13.8. The predicted octanol–water partition coefficient (Wildman–Crippen LogP) is 3.14. The van der Waals surface area contributed by atoms with E-state index in [0.717, 1.165) is 11.3 Å². The summed E-state index contributed by atoms with van der Waals surface area (Å²) in [7, 11) is 0. The largest absolute Gasteiger partial charge is 0.342 e. The third-order valence-electron chi connectivity index (χ3n) is 3.86. The van der Waals surface area contributed by atoms with Gasteiger partial charge in [0.25, 0.3) is 5.91 Å². The number of H-pyrrole nitrogens is 1. The number of carbonyl (C=O) groups excluding carboxylic acids is 1. The van der Waals surface area contributed by atoms with Crippen molar-refractivity contribution in [2.45, 2.75) is 26.3 Å². The number of nitrogens with zero attached hydrogens (tertiary/aromatic N) is 2. The van der Waals surface area contributed by atoms with Crippen molar-refractivity contribution >= 4 is 5.91 Å². The zero-order valence-corrected chi connectivity index (χ0v) is 13.8. The lowest BCUT2D eigenvalue weighted by Crippen LogP contribution is -2.30. The quantitative estimate of drug-likeness (QED) is 0.759. The van der Waals surface area contributed by atoms with E-state index in [1.165, 1.54) is 5.56 Å². The summed E-state index contributed by atoms with van der Waals surface area (Å²) in [4.78, 5) is 23.9. The van der Waals surface area contributed by atoms with Gasteiger partial charge in [-0.2, -0.15) is 0 Å². The van der Waals surface area contributed by atoms with Gasteiger partial charge >= 0.3 is 0 Å². The Morgan fingerprint density at radius 1 is 1.12 bits per heavy atom. The van der Waals surface area contributed by atoms with Crippen LogP contribution in [0, 0.1) is 13.8 Å². The van der Waals surface area contributed by atoms with Gasteiger partial charge in [0.1, 0.15) is 11.5 Å². The number of nitrogens with one attached hydrogen (secondary N) is 2. The fourth-order valence-corrected chi connectivity index (χ4v) is 2.54. The molecule has 1 aromatic carbocycles. The highest BCUT2D eigenvalue weighted by atomic mass is 16.2. The number of aromatic nitrogens is 3. The normalized spacial score (nSPS) is 11.9. The molecule has 2 aromatic heterocycles. The Kier molecular flexibility index (Phi) is 4.70. The topological polar surface area (TPSA) is 70.7 Å². The van der Waals surface area contributed by atoms with Gasteiger partial charge in [0, 0.05) is 6.20 Å². The average Bonchev–Trinajstić information content (AvgIpc) is 3.03. The minimum Gasteiger partial charge on any atom is -0.342 e. The van der Waals surface area contributed by atoms with Crippen LogP contribution in [0.4, 0.5) is 0 Å². The van der Waals surface area contributed by atoms with Gasteiger partial charge in [0.15, 0.2) is 0 Å². The molecule has 0 unspecified atom stereocenters. The van der Waals surface area contributed by atoms with Gasteiger partial charge in [-0.25, -0.2) is 4.98 Å². The van der Waals surface area contributed by atoms with E-state index in [9.17, 15) is 4.79 Å². The SMILES string of the molecule is Cc1ccc(C[C@@H](NC(=O)c2cnc(C)[nH]2)c2ccccn2)cc1. The van der Waals surface area contributed by atoms with Crippen LogP contribution in [0.25, 0.3) is 0 Å². The van der Waals surface area contributed by atoms with E-state index in [1.807, 2.05) is 25.1 Å². The average molecular weight is 320 g/mol. The van der Waals surface area contributed by atoms with Crippen molar-refractivity contribution in [2.75, 3.05) is 0 Å². The molecule has 0 fully saturated rings. The molecule has 0 aliphatic heterocycles. The molecule has 2 heterocycles. The Bertz CT molecular complexity index is 809. The molecule has 3 rings (SSSR count). The second kappa shape index (κ2) is 7.08. The molecule has 0 saturated heterocycles. The molecular formula is C19H20N4O. The number of carbonyl (C=O) groups is 1. The van der Waals surface area contributed by atoms with Crippen molar-refractivity contribution in [1.29, 1.82) is 0 Å². The standard InChI is InChI=1S/C19H20N4O/c1-13-6-8-15(9-7-13)11-17(16-5-3-4-10-20-16)23-19(24)18-12-21-14(2)22-18/h3-10,12,17H,11H2,1-2H3,(H,21,22)(H,23,24)/t17-/m1/s1. The molecule has 0 aliphatic carbocycles. The number of rotatable bonds is 5. The molecular weight excluding hydrogens is 300 g/mol. The fourth-order valence-electron chi connectivity index (χ4n) is 2.54. The molecule has 0 aliphatic rings. The van der Waals surface area contributed by atoms with Crippen molar-refractivity contribution in [3.63, 3.8) is 0 Å². The smallest absolute Gasteiger partial charge is 0.269 e. The Morgan fingerprint density at radius 3 is 2.54 bits per heavy atom. The number of pyridine rings is 1. The lowest BCUT2D eigenvalue weighted by atomic mass is 10.0. The van der Waals surface area contributed by atoms with Gasteiger partial charge < -0.3 is 10.3 Å². The van der Waals surface area contributed by atoms with Crippen LogP contribution < -0.4 is 5.32 Å². The first-order valence-corrected chi connectivity index (χ1v) is 7.91. The highest BCUT2D eigenvalue weighted by Crippen LogP contribution is 2.17. The molecule has 0 radical (unpaired) electrons. The van der Waals surface area contributed by atoms with Crippen LogP contribution in [0.1, 0.15) is 39.2 Å². The van der Waals surface area contributed by atoms with Gasteiger partial charge in [-0.1, -0.05) is 35.9 Å². The van der Waals surface area contributed by atoms with Gasteiger partial charge in [0.05, 0.1) is 17.9 Å². The molecule has 0 saturated carbocycles. The summed E-state index contributed by atoms with van der Waals surface area (Å²) in [5, 5.41) is 3.05. The van der Waals surface area contributed by atoms with Crippen LogP contribution in [0.15, 0.2) is 54.9 Å². The summed E-state index contributed by atoms with van der Waals surface area (Å²) in [5.74, 6) is 0.534. The van der Waals surface area contributed by atoms with E-state index in [0.29, 0.717) is 17.9 Å². The molecule has 5 nitrogen and oxygen atoms in total. The molecule has 5 heteroatoms. The van der Waals surface area contributed by atoms with E-state index in [1.54, 1.807) is 12.4 Å². The van der Waals surface area contributed by atoms with Crippen molar-refractivity contribution in [1.82, 2.24) is 20.3 Å². The van der Waals surface area contributed by atoms with Crippen molar-refractivity contribution in [3.8, 4) is 0 Å². The first kappa shape index (κ1) is 15.9. The summed E-state index contributed by atoms with van der Waals surface area (Å²) in [6.07, 6.45) is 3.96. The van der Waals surface area contributed by atoms with E-state index in [4.69, 9.17) is 0 Å². The maximum absolute atomic E-state index is 12.5. The molecule has 3 aromatic rings. The number of amides is 1. The van der Waals surface area contributed by atoms with Crippen LogP contribution in [-0.4, -0.2) is 20.9 Å². The summed E-state index contributed by atoms with van der Waals surface area (Å²) in [6, 6.07) is 13.8. The fraction of sp³-hybridized carbons (Fsp3) is 0.211. The van der Waals surface area contributed by atoms with Gasteiger partial charge in [-0.15, -0.1) is 0 Å². The summed E-state index contributed by atoms with van der Waals surface area (Å²) in [6.45, 7) is 3.88. The maximum Gasteiger partial charge on any atom is 0.269 e. The molecule has 0 bridgehead atoms. The molecule has 1 amide bonds. The second-order valence-corrected chi connectivity index (χ2v) is 5.85. The van der Waals surface area contributed by atoms with Crippen LogP contribution in [0.2, 0.25) is 0 Å². The number of hydrogen-bond donors (Lipinski definition) is 2. The van der Waals surface area contributed by atoms with Gasteiger partial charge in [-0.05, 0) is 38.0 Å². The second-order valence-electron chi connectivity index (χ2n) is 5.85. The first-order chi connectivity index (χ1) is 11.6. The van der Waals surface area contributed by atoms with E-state index < -0.39 is 0 Å². The van der Waals surface area contributed by atoms with Crippen molar-refractivity contribution < 1.29 is 4.79 Å². The van der Waals surface area contributed by atoms with Gasteiger partial charge in [0.2, 0.25) is 0 Å². The molecule has 24 heavy (non-hydrogen) atoms. The van der Waals surface area contributed by atoms with Crippen LogP contribution >= 0.6 is 0 Å². The van der Waals surface area contributed by atoms with Gasteiger partial charge in [-0.3, -0.25) is 9.78 Å². The number of aryl methyl sites for hydroxylation is 2. The molecule has 2 N–H and O–H groups in total. The number of benzene rings is 1. The van der Waals surface area contributed by atoms with Crippen LogP contribution in [-0.2, 0) is 6.42 Å². The third-order valence-corrected chi connectivity index (χ3v) is 3.86. The summed E-state index contributed by atoms with van der Waals surface area (Å²) < 4.78 is 0. The summed E-state index contributed by atoms with van der Waals surface area (Å²) in [5.41, 5.74) is 3.66. The Labute approximate surface area is 141 Å². The number of aromatic amines is 1. The molecule has 1 atom stereocenters. The van der Waals surface area contributed by atoms with E-state index in [-0.39, 0.29) is 11.9 Å². The number of hydrogen-bond acceptors (Lipinski definition) is 3. The highest BCUT2D eigenvalue weighted by Gasteiger charge is 2.18. The Balaban J connectivity index is 1.82. The predicted molar refractivity (Wildman–Crippen MR) is 92.7 cm³/mol. The monoisotopic (exact) mass is 320 g/mol.